The molecule has 3 amide bonds. The molecular weight excluding hydrogens is 646 g/mol. The summed E-state index contributed by atoms with van der Waals surface area (Å²) in [7, 11) is 0. The van der Waals surface area contributed by atoms with Crippen LogP contribution in [0.2, 0.25) is 0 Å². The van der Waals surface area contributed by atoms with Gasteiger partial charge in [-0.25, -0.2) is 9.69 Å². The number of carbonyl (C=O) groups is 3. The Hall–Kier alpha value is -4.09. The maximum Gasteiger partial charge on any atom is 0.408 e. The van der Waals surface area contributed by atoms with Crippen LogP contribution in [-0.4, -0.2) is 59.2 Å². The van der Waals surface area contributed by atoms with Crippen molar-refractivity contribution >= 4 is 23.6 Å². The van der Waals surface area contributed by atoms with E-state index < -0.39 is 30.2 Å². The van der Waals surface area contributed by atoms with Crippen LogP contribution >= 0.6 is 0 Å². The lowest BCUT2D eigenvalue weighted by molar-refractivity contribution is -0.276. The van der Waals surface area contributed by atoms with Crippen LogP contribution in [0.1, 0.15) is 88.0 Å². The highest BCUT2D eigenvalue weighted by Gasteiger charge is 2.51. The number of carbonyl (C=O) groups excluding carboxylic acids is 3. The maximum absolute atomic E-state index is 13.5. The van der Waals surface area contributed by atoms with Gasteiger partial charge in [0.1, 0.15) is 12.6 Å². The molecule has 10 nitrogen and oxygen atoms in total. The van der Waals surface area contributed by atoms with Crippen molar-refractivity contribution in [2.24, 2.45) is 16.7 Å². The zero-order valence-corrected chi connectivity index (χ0v) is 29.9. The molecule has 3 heterocycles. The number of fused-ring (bicyclic) bond motifs is 2. The van der Waals surface area contributed by atoms with Gasteiger partial charge in [-0.2, -0.15) is 0 Å². The van der Waals surface area contributed by atoms with Gasteiger partial charge in [0.05, 0.1) is 30.9 Å². The molecule has 0 radical (unpaired) electrons. The molecule has 4 fully saturated rings. The Kier molecular flexibility index (Phi) is 9.80. The topological polar surface area (TPSA) is 118 Å². The molecule has 0 aromatic heterocycles. The van der Waals surface area contributed by atoms with Crippen LogP contribution in [-0.2, 0) is 37.0 Å². The zero-order valence-electron chi connectivity index (χ0n) is 29.9. The number of aliphatic hydroxyl groups excluding tert-OH is 1. The van der Waals surface area contributed by atoms with Gasteiger partial charge in [0.2, 0.25) is 5.91 Å². The number of ether oxygens (including phenoxy) is 3. The highest BCUT2D eigenvalue weighted by atomic mass is 16.7. The molecule has 4 aliphatic rings. The van der Waals surface area contributed by atoms with Crippen LogP contribution in [0.4, 0.5) is 10.5 Å². The highest BCUT2D eigenvalue weighted by Crippen LogP contribution is 2.53. The van der Waals surface area contributed by atoms with Crippen molar-refractivity contribution in [2.75, 3.05) is 18.0 Å². The summed E-state index contributed by atoms with van der Waals surface area (Å²) in [5, 5.41) is 12.2. The van der Waals surface area contributed by atoms with Crippen LogP contribution < -0.4 is 10.2 Å². The second-order valence-electron chi connectivity index (χ2n) is 16.1. The molecule has 7 rings (SSSR count). The largest absolute Gasteiger partial charge is 0.445 e. The van der Waals surface area contributed by atoms with Gasteiger partial charge < -0.3 is 24.6 Å². The molecule has 0 spiro atoms. The van der Waals surface area contributed by atoms with Crippen molar-refractivity contribution < 1.29 is 33.7 Å². The first kappa shape index (κ1) is 35.3. The monoisotopic (exact) mass is 695 g/mol. The lowest BCUT2D eigenvalue weighted by atomic mass is 9.65. The molecule has 3 saturated heterocycles. The van der Waals surface area contributed by atoms with E-state index in [1.54, 1.807) is 18.2 Å². The maximum atomic E-state index is 13.5. The van der Waals surface area contributed by atoms with E-state index in [1.165, 1.54) is 12.8 Å². The van der Waals surface area contributed by atoms with E-state index >= 15 is 0 Å². The summed E-state index contributed by atoms with van der Waals surface area (Å²) >= 11 is 0. The number of imide groups is 1. The molecule has 51 heavy (non-hydrogen) atoms. The average Bonchev–Trinajstić information content (AvgIpc) is 3.52. The zero-order chi connectivity index (χ0) is 35.9. The molecule has 7 atom stereocenters. The molecule has 10 heteroatoms. The van der Waals surface area contributed by atoms with E-state index in [4.69, 9.17) is 14.2 Å². The van der Waals surface area contributed by atoms with Gasteiger partial charge in [0, 0.05) is 30.6 Å². The summed E-state index contributed by atoms with van der Waals surface area (Å²) in [5.41, 5.74) is 4.31. The summed E-state index contributed by atoms with van der Waals surface area (Å²) in [6, 6.07) is 23.7. The number of likely N-dealkylation sites (tertiary alicyclic amines) is 1. The van der Waals surface area contributed by atoms with Crippen molar-refractivity contribution in [2.45, 2.75) is 97.2 Å². The molecule has 270 valence electrons. The van der Waals surface area contributed by atoms with Gasteiger partial charge in [0.15, 0.2) is 6.29 Å². The van der Waals surface area contributed by atoms with E-state index in [9.17, 15) is 19.5 Å². The lowest BCUT2D eigenvalue weighted by Crippen LogP contribution is -2.46. The predicted molar refractivity (Wildman–Crippen MR) is 191 cm³/mol. The van der Waals surface area contributed by atoms with Crippen LogP contribution in [0.15, 0.2) is 78.9 Å². The number of hydrogen-bond acceptors (Lipinski definition) is 8. The number of nitrogens with one attached hydrogen (secondary N) is 1. The standard InChI is InChI=1S/C41H49N3O7/c1-26-34(21-43-25-41(4)20-32(43)19-40(2,3)24-41)50-38(51-36(26)29-15-13-27(22-45)14-16-29)30-11-8-12-31(17-30)44-35(46)18-33(37(44)47)42-39(48)49-23-28-9-6-5-7-10-28/h5-17,26,32-34,36,38,45H,18-25H2,1-4H3,(H,42,48)/t26-,32?,33?,34+,36+,38+,41?/m0/s1. The summed E-state index contributed by atoms with van der Waals surface area (Å²) in [6.07, 6.45) is 1.46. The minimum Gasteiger partial charge on any atom is -0.445 e. The second kappa shape index (κ2) is 14.1. The molecule has 3 aromatic carbocycles. The number of hydrogen-bond donors (Lipinski definition) is 2. The first-order valence-electron chi connectivity index (χ1n) is 18.1. The van der Waals surface area contributed by atoms with Gasteiger partial charge in [-0.05, 0) is 58.9 Å². The third-order valence-corrected chi connectivity index (χ3v) is 11.1. The normalized spacial score (nSPS) is 30.4. The molecule has 2 bridgehead atoms. The number of anilines is 1. The fourth-order valence-corrected chi connectivity index (χ4v) is 9.08. The number of aliphatic hydroxyl groups is 1. The van der Waals surface area contributed by atoms with Crippen molar-refractivity contribution in [3.05, 3.63) is 101 Å². The summed E-state index contributed by atoms with van der Waals surface area (Å²) in [6.45, 7) is 11.2. The molecule has 3 aliphatic heterocycles. The molecule has 1 aliphatic carbocycles. The van der Waals surface area contributed by atoms with E-state index in [0.717, 1.165) is 41.1 Å². The minimum absolute atomic E-state index is 0.0286. The fraction of sp³-hybridized carbons (Fsp3) is 0.488. The lowest BCUT2D eigenvalue weighted by Gasteiger charge is -2.43. The van der Waals surface area contributed by atoms with Crippen molar-refractivity contribution in [1.82, 2.24) is 10.2 Å². The quantitative estimate of drug-likeness (QED) is 0.246. The number of nitrogens with zero attached hydrogens (tertiary/aromatic N) is 2. The third-order valence-electron chi connectivity index (χ3n) is 11.1. The Bertz CT molecular complexity index is 1750. The van der Waals surface area contributed by atoms with Crippen LogP contribution in [0, 0.1) is 16.7 Å². The SMILES string of the molecule is C[C@H]1[C@@H](CN2CC3(C)CC2CC(C)(C)C3)O[C@@H](c2cccc(N3C(=O)CC(NC(=O)OCc4ccccc4)C3=O)c2)O[C@H]1c1ccc(CO)cc1. The highest BCUT2D eigenvalue weighted by molar-refractivity contribution is 6.22. The average molecular weight is 696 g/mol. The van der Waals surface area contributed by atoms with Crippen LogP contribution in [0.5, 0.6) is 0 Å². The van der Waals surface area contributed by atoms with Crippen molar-refractivity contribution in [3.8, 4) is 0 Å². The Morgan fingerprint density at radius 2 is 1.71 bits per heavy atom. The van der Waals surface area contributed by atoms with E-state index in [0.29, 0.717) is 22.7 Å². The Morgan fingerprint density at radius 3 is 2.45 bits per heavy atom. The first-order valence-corrected chi connectivity index (χ1v) is 18.1. The van der Waals surface area contributed by atoms with Gasteiger partial charge >= 0.3 is 6.09 Å². The number of benzene rings is 3. The van der Waals surface area contributed by atoms with Crippen LogP contribution in [0.25, 0.3) is 0 Å². The van der Waals surface area contributed by atoms with E-state index in [-0.39, 0.29) is 43.2 Å². The summed E-state index contributed by atoms with van der Waals surface area (Å²) in [5.74, 6) is -0.911. The van der Waals surface area contributed by atoms with E-state index in [2.05, 4.69) is 37.9 Å². The molecule has 2 N–H and O–H groups in total. The molecular formula is C41H49N3O7. The Balaban J connectivity index is 1.09. The van der Waals surface area contributed by atoms with Gasteiger partial charge in [-0.3, -0.25) is 14.5 Å². The predicted octanol–water partition coefficient (Wildman–Crippen LogP) is 6.43. The van der Waals surface area contributed by atoms with Gasteiger partial charge in [0.25, 0.3) is 5.91 Å². The minimum atomic E-state index is -1.03. The van der Waals surface area contributed by atoms with Crippen molar-refractivity contribution in [1.29, 1.82) is 0 Å². The smallest absolute Gasteiger partial charge is 0.408 e. The van der Waals surface area contributed by atoms with Gasteiger partial charge in [-0.15, -0.1) is 0 Å². The molecule has 3 aromatic rings. The fourth-order valence-electron chi connectivity index (χ4n) is 9.08. The molecule has 3 unspecified atom stereocenters. The van der Waals surface area contributed by atoms with Gasteiger partial charge in [-0.1, -0.05) is 94.4 Å². The number of rotatable bonds is 9. The molecule has 1 saturated carbocycles. The van der Waals surface area contributed by atoms with E-state index in [1.807, 2.05) is 60.7 Å². The number of alkyl carbamates (subject to hydrolysis) is 1. The number of amides is 3. The Morgan fingerprint density at radius 1 is 0.941 bits per heavy atom. The first-order chi connectivity index (χ1) is 24.4. The second-order valence-corrected chi connectivity index (χ2v) is 16.1. The van der Waals surface area contributed by atoms with Crippen molar-refractivity contribution in [3.63, 3.8) is 0 Å². The summed E-state index contributed by atoms with van der Waals surface area (Å²) in [4.78, 5) is 43.0. The third kappa shape index (κ3) is 7.60. The Labute approximate surface area is 300 Å². The summed E-state index contributed by atoms with van der Waals surface area (Å²) < 4.78 is 18.8. The van der Waals surface area contributed by atoms with Crippen LogP contribution in [0.3, 0.4) is 0 Å².